The van der Waals surface area contributed by atoms with E-state index >= 15 is 0 Å². The van der Waals surface area contributed by atoms with Crippen molar-refractivity contribution in [2.75, 3.05) is 9.74 Å². The second kappa shape index (κ2) is 3.64. The van der Waals surface area contributed by atoms with Gasteiger partial charge in [0, 0.05) is 16.2 Å². The van der Waals surface area contributed by atoms with Crippen LogP contribution in [0, 0.1) is 0 Å². The Kier molecular flexibility index (Phi) is 2.54. The smallest absolute Gasteiger partial charge is 0.0375 e. The number of rotatable bonds is 1. The maximum atomic E-state index is 3.54. The van der Waals surface area contributed by atoms with E-state index in [-0.39, 0.29) is 0 Å². The minimum Gasteiger partial charge on any atom is -0.381 e. The topological polar surface area (TPSA) is 12.0 Å². The fourth-order valence-electron chi connectivity index (χ4n) is 1.62. The molecule has 0 bridgehead atoms. The van der Waals surface area contributed by atoms with Crippen molar-refractivity contribution in [1.82, 2.24) is 0 Å². The maximum Gasteiger partial charge on any atom is 0.0375 e. The van der Waals surface area contributed by atoms with Gasteiger partial charge in [0.05, 0.1) is 0 Å². The molecule has 1 aliphatic heterocycles. The average Bonchev–Trinajstić information content (AvgIpc) is 2.17. The molecule has 1 heterocycles. The molecule has 1 aromatic rings. The van der Waals surface area contributed by atoms with Gasteiger partial charge in [0.1, 0.15) is 0 Å². The first-order valence-corrected chi connectivity index (χ1v) is 5.83. The maximum absolute atomic E-state index is 3.54. The molecule has 0 fully saturated rings. The molecule has 1 atom stereocenters. The number of anilines is 1. The zero-order valence-corrected chi connectivity index (χ0v) is 9.04. The fourth-order valence-corrected chi connectivity index (χ4v) is 2.28. The molecule has 12 heavy (non-hydrogen) atoms. The summed E-state index contributed by atoms with van der Waals surface area (Å²) in [6, 6.07) is 9.28. The minimum atomic E-state index is 0.681. The van der Waals surface area contributed by atoms with Gasteiger partial charge in [0.25, 0.3) is 0 Å². The van der Waals surface area contributed by atoms with Gasteiger partial charge < -0.3 is 5.32 Å². The summed E-state index contributed by atoms with van der Waals surface area (Å²) in [6.45, 7) is 0. The molecular formula is C10H12IN. The summed E-state index contributed by atoms with van der Waals surface area (Å²) in [5.74, 6) is 0. The molecule has 0 saturated heterocycles. The SMILES string of the molecule is IC[C@@H]1CCc2ccccc2N1. The lowest BCUT2D eigenvalue weighted by molar-refractivity contribution is 0.695. The zero-order chi connectivity index (χ0) is 8.39. The number of alkyl halides is 1. The van der Waals surface area contributed by atoms with Crippen LogP contribution in [0.2, 0.25) is 0 Å². The Morgan fingerprint density at radius 1 is 1.42 bits per heavy atom. The predicted octanol–water partition coefficient (Wildman–Crippen LogP) is 2.85. The summed E-state index contributed by atoms with van der Waals surface area (Å²) in [5, 5.41) is 3.54. The molecule has 0 amide bonds. The van der Waals surface area contributed by atoms with Crippen molar-refractivity contribution in [2.45, 2.75) is 18.9 Å². The van der Waals surface area contributed by atoms with Crippen molar-refractivity contribution in [3.8, 4) is 0 Å². The van der Waals surface area contributed by atoms with Gasteiger partial charge in [-0.05, 0) is 24.5 Å². The van der Waals surface area contributed by atoms with Gasteiger partial charge in [-0.3, -0.25) is 0 Å². The van der Waals surface area contributed by atoms with E-state index in [1.54, 1.807) is 0 Å². The molecule has 1 N–H and O–H groups in total. The van der Waals surface area contributed by atoms with Crippen LogP contribution in [-0.2, 0) is 6.42 Å². The van der Waals surface area contributed by atoms with Gasteiger partial charge in [-0.1, -0.05) is 40.8 Å². The highest BCUT2D eigenvalue weighted by molar-refractivity contribution is 14.1. The van der Waals surface area contributed by atoms with Crippen molar-refractivity contribution in [3.63, 3.8) is 0 Å². The largest absolute Gasteiger partial charge is 0.381 e. The molecule has 0 unspecified atom stereocenters. The standard InChI is InChI=1S/C10H12IN/c11-7-9-6-5-8-3-1-2-4-10(8)12-9/h1-4,9,12H,5-7H2/t9-/m0/s1. The summed E-state index contributed by atoms with van der Waals surface area (Å²) in [5.41, 5.74) is 2.81. The summed E-state index contributed by atoms with van der Waals surface area (Å²) >= 11 is 2.44. The van der Waals surface area contributed by atoms with Crippen LogP contribution in [-0.4, -0.2) is 10.5 Å². The number of hydrogen-bond donors (Lipinski definition) is 1. The minimum absolute atomic E-state index is 0.681. The van der Waals surface area contributed by atoms with Gasteiger partial charge in [0.15, 0.2) is 0 Å². The molecule has 1 nitrogen and oxygen atoms in total. The Morgan fingerprint density at radius 3 is 3.08 bits per heavy atom. The Bertz CT molecular complexity index is 272. The predicted molar refractivity (Wildman–Crippen MR) is 61.1 cm³/mol. The van der Waals surface area contributed by atoms with E-state index in [1.165, 1.54) is 28.5 Å². The van der Waals surface area contributed by atoms with E-state index in [4.69, 9.17) is 0 Å². The van der Waals surface area contributed by atoms with Gasteiger partial charge in [-0.25, -0.2) is 0 Å². The summed E-state index contributed by atoms with van der Waals surface area (Å²) < 4.78 is 1.20. The Morgan fingerprint density at radius 2 is 2.25 bits per heavy atom. The highest BCUT2D eigenvalue weighted by atomic mass is 127. The first-order chi connectivity index (χ1) is 5.90. The quantitative estimate of drug-likeness (QED) is 0.613. The van der Waals surface area contributed by atoms with Crippen LogP contribution >= 0.6 is 22.6 Å². The lowest BCUT2D eigenvalue weighted by Gasteiger charge is -2.25. The molecule has 64 valence electrons. The lowest BCUT2D eigenvalue weighted by atomic mass is 9.99. The number of halogens is 1. The Labute approximate surface area is 86.7 Å². The third-order valence-corrected chi connectivity index (χ3v) is 3.39. The number of aryl methyl sites for hydroxylation is 1. The molecule has 0 saturated carbocycles. The van der Waals surface area contributed by atoms with Crippen LogP contribution in [0.3, 0.4) is 0 Å². The summed E-state index contributed by atoms with van der Waals surface area (Å²) in [7, 11) is 0. The van der Waals surface area contributed by atoms with Gasteiger partial charge >= 0.3 is 0 Å². The summed E-state index contributed by atoms with van der Waals surface area (Å²) in [6.07, 6.45) is 2.51. The van der Waals surface area contributed by atoms with E-state index in [0.29, 0.717) is 6.04 Å². The number of nitrogens with one attached hydrogen (secondary N) is 1. The zero-order valence-electron chi connectivity index (χ0n) is 6.89. The van der Waals surface area contributed by atoms with Gasteiger partial charge in [-0.15, -0.1) is 0 Å². The molecule has 2 rings (SSSR count). The van der Waals surface area contributed by atoms with Crippen LogP contribution < -0.4 is 5.32 Å². The van der Waals surface area contributed by atoms with Crippen molar-refractivity contribution in [3.05, 3.63) is 29.8 Å². The molecule has 0 spiro atoms. The van der Waals surface area contributed by atoms with Crippen molar-refractivity contribution in [1.29, 1.82) is 0 Å². The number of benzene rings is 1. The highest BCUT2D eigenvalue weighted by Gasteiger charge is 2.14. The lowest BCUT2D eigenvalue weighted by Crippen LogP contribution is -2.26. The first kappa shape index (κ1) is 8.35. The summed E-state index contributed by atoms with van der Waals surface area (Å²) in [4.78, 5) is 0. The second-order valence-electron chi connectivity index (χ2n) is 3.19. The van der Waals surface area contributed by atoms with Crippen molar-refractivity contribution in [2.24, 2.45) is 0 Å². The average molecular weight is 273 g/mol. The van der Waals surface area contributed by atoms with Crippen LogP contribution in [0.4, 0.5) is 5.69 Å². The monoisotopic (exact) mass is 273 g/mol. The van der Waals surface area contributed by atoms with Gasteiger partial charge in [0.2, 0.25) is 0 Å². The van der Waals surface area contributed by atoms with E-state index in [1.807, 2.05) is 0 Å². The van der Waals surface area contributed by atoms with Crippen LogP contribution in [0.5, 0.6) is 0 Å². The Hall–Kier alpha value is -0.250. The van der Waals surface area contributed by atoms with E-state index < -0.39 is 0 Å². The molecule has 2 heteroatoms. The van der Waals surface area contributed by atoms with E-state index in [2.05, 4.69) is 52.2 Å². The van der Waals surface area contributed by atoms with Crippen LogP contribution in [0.1, 0.15) is 12.0 Å². The number of fused-ring (bicyclic) bond motifs is 1. The van der Waals surface area contributed by atoms with E-state index in [9.17, 15) is 0 Å². The number of hydrogen-bond acceptors (Lipinski definition) is 1. The molecule has 0 radical (unpaired) electrons. The fraction of sp³-hybridized carbons (Fsp3) is 0.400. The third-order valence-electron chi connectivity index (χ3n) is 2.33. The van der Waals surface area contributed by atoms with Crippen LogP contribution in [0.15, 0.2) is 24.3 Å². The first-order valence-electron chi connectivity index (χ1n) is 4.30. The van der Waals surface area contributed by atoms with Crippen molar-refractivity contribution >= 4 is 28.3 Å². The second-order valence-corrected chi connectivity index (χ2v) is 4.07. The van der Waals surface area contributed by atoms with Crippen molar-refractivity contribution < 1.29 is 0 Å². The highest BCUT2D eigenvalue weighted by Crippen LogP contribution is 2.24. The molecule has 1 aromatic carbocycles. The van der Waals surface area contributed by atoms with E-state index in [0.717, 1.165) is 0 Å². The number of para-hydroxylation sites is 1. The van der Waals surface area contributed by atoms with Gasteiger partial charge in [-0.2, -0.15) is 0 Å². The molecule has 1 aliphatic rings. The third kappa shape index (κ3) is 1.58. The van der Waals surface area contributed by atoms with Crippen LogP contribution in [0.25, 0.3) is 0 Å². The molecular weight excluding hydrogens is 261 g/mol. The Balaban J connectivity index is 2.23. The molecule has 0 aromatic heterocycles. The normalized spacial score (nSPS) is 21.2. The molecule has 0 aliphatic carbocycles.